The van der Waals surface area contributed by atoms with Crippen molar-refractivity contribution in [3.05, 3.63) is 0 Å². The summed E-state index contributed by atoms with van der Waals surface area (Å²) in [6, 6.07) is 0.288. The molecule has 4 nitrogen and oxygen atoms in total. The van der Waals surface area contributed by atoms with E-state index in [0.717, 1.165) is 25.7 Å². The molecule has 106 valence electrons. The average Bonchev–Trinajstić information content (AvgIpc) is 2.24. The fourth-order valence-corrected chi connectivity index (χ4v) is 2.42. The molecule has 1 amide bonds. The number of carbonyl (C=O) groups excluding carboxylic acids is 1. The molecule has 1 rings (SSSR count). The summed E-state index contributed by atoms with van der Waals surface area (Å²) in [7, 11) is 0. The van der Waals surface area contributed by atoms with Crippen molar-refractivity contribution in [2.24, 2.45) is 17.6 Å². The Kier molecular flexibility index (Phi) is 5.45. The molecule has 1 saturated carbocycles. The zero-order chi connectivity index (χ0) is 13.8. The van der Waals surface area contributed by atoms with Crippen molar-refractivity contribution in [2.75, 3.05) is 6.61 Å². The van der Waals surface area contributed by atoms with Gasteiger partial charge in [0.25, 0.3) is 0 Å². The summed E-state index contributed by atoms with van der Waals surface area (Å²) in [6.45, 7) is 8.46. The predicted molar refractivity (Wildman–Crippen MR) is 73.3 cm³/mol. The van der Waals surface area contributed by atoms with Gasteiger partial charge >= 0.3 is 6.09 Å². The van der Waals surface area contributed by atoms with Crippen molar-refractivity contribution in [2.45, 2.75) is 65.0 Å². The number of nitrogens with two attached hydrogens (primary N) is 1. The van der Waals surface area contributed by atoms with Gasteiger partial charge in [-0.2, -0.15) is 0 Å². The normalized spacial score (nSPS) is 26.5. The number of rotatable bonds is 3. The van der Waals surface area contributed by atoms with Gasteiger partial charge in [0.15, 0.2) is 0 Å². The molecule has 0 aliphatic heterocycles. The highest BCUT2D eigenvalue weighted by Crippen LogP contribution is 2.30. The maximum absolute atomic E-state index is 11.5. The van der Waals surface area contributed by atoms with Crippen LogP contribution in [0.4, 0.5) is 4.79 Å². The number of hydrogen-bond acceptors (Lipinski definition) is 3. The van der Waals surface area contributed by atoms with Gasteiger partial charge in [0, 0.05) is 11.6 Å². The second kappa shape index (κ2) is 6.41. The van der Waals surface area contributed by atoms with Gasteiger partial charge in [0.2, 0.25) is 0 Å². The Bertz CT molecular complexity index is 263. The molecule has 0 aromatic carbocycles. The minimum atomic E-state index is -0.309. The maximum atomic E-state index is 11.5. The van der Waals surface area contributed by atoms with Crippen LogP contribution in [0.5, 0.6) is 0 Å². The average molecular weight is 256 g/mol. The third-order valence-electron chi connectivity index (χ3n) is 3.56. The molecular weight excluding hydrogens is 228 g/mol. The summed E-state index contributed by atoms with van der Waals surface area (Å²) in [6.07, 6.45) is 4.25. The topological polar surface area (TPSA) is 64.3 Å². The zero-order valence-corrected chi connectivity index (χ0v) is 12.2. The van der Waals surface area contributed by atoms with Gasteiger partial charge in [-0.15, -0.1) is 0 Å². The monoisotopic (exact) mass is 256 g/mol. The van der Waals surface area contributed by atoms with E-state index >= 15 is 0 Å². The van der Waals surface area contributed by atoms with E-state index in [4.69, 9.17) is 10.5 Å². The summed E-state index contributed by atoms with van der Waals surface area (Å²) in [5.74, 6) is 1.15. The van der Waals surface area contributed by atoms with Crippen molar-refractivity contribution in [3.8, 4) is 0 Å². The summed E-state index contributed by atoms with van der Waals surface area (Å²) in [4.78, 5) is 11.5. The summed E-state index contributed by atoms with van der Waals surface area (Å²) < 4.78 is 5.27. The molecule has 0 bridgehead atoms. The highest BCUT2D eigenvalue weighted by Gasteiger charge is 2.24. The second-order valence-electron chi connectivity index (χ2n) is 6.61. The Labute approximate surface area is 111 Å². The molecule has 1 aliphatic rings. The molecule has 0 saturated heterocycles. The number of carbonyl (C=O) groups is 1. The number of alkyl carbamates (subject to hydrolysis) is 1. The van der Waals surface area contributed by atoms with Crippen LogP contribution in [0.1, 0.15) is 53.4 Å². The molecule has 0 heterocycles. The highest BCUT2D eigenvalue weighted by molar-refractivity contribution is 5.68. The fourth-order valence-electron chi connectivity index (χ4n) is 2.42. The molecule has 1 aliphatic carbocycles. The third-order valence-corrected chi connectivity index (χ3v) is 3.56. The van der Waals surface area contributed by atoms with Crippen molar-refractivity contribution < 1.29 is 9.53 Å². The summed E-state index contributed by atoms with van der Waals surface area (Å²) in [5, 5.41) is 2.80. The Morgan fingerprint density at radius 2 is 1.89 bits per heavy atom. The largest absolute Gasteiger partial charge is 0.449 e. The maximum Gasteiger partial charge on any atom is 0.407 e. The second-order valence-corrected chi connectivity index (χ2v) is 6.61. The van der Waals surface area contributed by atoms with E-state index < -0.39 is 0 Å². The fraction of sp³-hybridized carbons (Fsp3) is 0.929. The van der Waals surface area contributed by atoms with Gasteiger partial charge in [-0.3, -0.25) is 0 Å². The molecule has 0 unspecified atom stereocenters. The first kappa shape index (κ1) is 15.3. The summed E-state index contributed by atoms with van der Waals surface area (Å²) in [5.41, 5.74) is 5.68. The van der Waals surface area contributed by atoms with Crippen LogP contribution >= 0.6 is 0 Å². The molecule has 18 heavy (non-hydrogen) atoms. The van der Waals surface area contributed by atoms with Crippen LogP contribution in [0.2, 0.25) is 0 Å². The molecule has 4 heteroatoms. The Hall–Kier alpha value is -0.770. The van der Waals surface area contributed by atoms with Gasteiger partial charge in [0.1, 0.15) is 0 Å². The molecule has 0 radical (unpaired) electrons. The van der Waals surface area contributed by atoms with Gasteiger partial charge in [-0.25, -0.2) is 4.79 Å². The molecular formula is C14H28N2O2. The quantitative estimate of drug-likeness (QED) is 0.816. The van der Waals surface area contributed by atoms with E-state index in [0.29, 0.717) is 18.4 Å². The summed E-state index contributed by atoms with van der Waals surface area (Å²) >= 11 is 0. The third kappa shape index (κ3) is 5.71. The Morgan fingerprint density at radius 3 is 2.33 bits per heavy atom. The van der Waals surface area contributed by atoms with E-state index in [-0.39, 0.29) is 17.7 Å². The van der Waals surface area contributed by atoms with Crippen molar-refractivity contribution >= 4 is 6.09 Å². The molecule has 0 aromatic rings. The Morgan fingerprint density at radius 1 is 1.33 bits per heavy atom. The Balaban J connectivity index is 2.20. The number of nitrogens with one attached hydrogen (secondary N) is 1. The lowest BCUT2D eigenvalue weighted by Gasteiger charge is -2.30. The van der Waals surface area contributed by atoms with E-state index in [1.807, 2.05) is 20.8 Å². The first-order valence-corrected chi connectivity index (χ1v) is 6.98. The highest BCUT2D eigenvalue weighted by atomic mass is 16.5. The van der Waals surface area contributed by atoms with Crippen LogP contribution in [0.3, 0.4) is 0 Å². The van der Waals surface area contributed by atoms with Crippen LogP contribution in [0.15, 0.2) is 0 Å². The predicted octanol–water partition coefficient (Wildman–Crippen LogP) is 2.66. The molecule has 1 atom stereocenters. The van der Waals surface area contributed by atoms with Crippen LogP contribution in [-0.4, -0.2) is 24.3 Å². The molecule has 3 N–H and O–H groups in total. The van der Waals surface area contributed by atoms with Gasteiger partial charge in [-0.05, 0) is 65.2 Å². The van der Waals surface area contributed by atoms with Gasteiger partial charge in [-0.1, -0.05) is 0 Å². The van der Waals surface area contributed by atoms with Crippen molar-refractivity contribution in [1.82, 2.24) is 5.32 Å². The first-order valence-electron chi connectivity index (χ1n) is 6.98. The minimum Gasteiger partial charge on any atom is -0.449 e. The van der Waals surface area contributed by atoms with E-state index in [9.17, 15) is 4.79 Å². The zero-order valence-electron chi connectivity index (χ0n) is 12.2. The first-order chi connectivity index (χ1) is 8.28. The van der Waals surface area contributed by atoms with Crippen LogP contribution in [-0.2, 0) is 4.74 Å². The number of hydrogen-bond donors (Lipinski definition) is 2. The molecule has 0 aromatic heterocycles. The lowest BCUT2D eigenvalue weighted by atomic mass is 9.79. The van der Waals surface area contributed by atoms with Crippen LogP contribution in [0, 0.1) is 11.8 Å². The van der Waals surface area contributed by atoms with Gasteiger partial charge < -0.3 is 15.8 Å². The standard InChI is InChI=1S/C14H28N2O2/c1-10(15)12-7-5-11(6-8-12)9-18-13(17)16-14(2,3)4/h10-12H,5-9,15H2,1-4H3,(H,16,17)/t10-,11?,12?/m0/s1. The van der Waals surface area contributed by atoms with Crippen LogP contribution in [0.25, 0.3) is 0 Å². The molecule has 0 spiro atoms. The molecule has 1 fully saturated rings. The number of amides is 1. The lowest BCUT2D eigenvalue weighted by Crippen LogP contribution is -2.41. The van der Waals surface area contributed by atoms with Crippen LogP contribution < -0.4 is 11.1 Å². The van der Waals surface area contributed by atoms with Crippen molar-refractivity contribution in [3.63, 3.8) is 0 Å². The smallest absolute Gasteiger partial charge is 0.407 e. The van der Waals surface area contributed by atoms with E-state index in [1.54, 1.807) is 0 Å². The SMILES string of the molecule is C[C@H](N)C1CCC(COC(=O)NC(C)(C)C)CC1. The van der Waals surface area contributed by atoms with Gasteiger partial charge in [0.05, 0.1) is 6.61 Å². The number of ether oxygens (including phenoxy) is 1. The minimum absolute atomic E-state index is 0.232. The van der Waals surface area contributed by atoms with Crippen molar-refractivity contribution in [1.29, 1.82) is 0 Å². The van der Waals surface area contributed by atoms with E-state index in [1.165, 1.54) is 0 Å². The lowest BCUT2D eigenvalue weighted by molar-refractivity contribution is 0.101. The van der Waals surface area contributed by atoms with E-state index in [2.05, 4.69) is 12.2 Å².